The molecule has 19 heavy (non-hydrogen) atoms. The molecule has 0 aliphatic carbocycles. The van der Waals surface area contributed by atoms with Crippen molar-refractivity contribution in [2.45, 2.75) is 5.37 Å². The van der Waals surface area contributed by atoms with Crippen molar-refractivity contribution in [1.29, 1.82) is 0 Å². The summed E-state index contributed by atoms with van der Waals surface area (Å²) in [5, 5.41) is 15.9. The molecule has 2 aliphatic rings. The number of amides is 1. The molecule has 0 bridgehead atoms. The van der Waals surface area contributed by atoms with Crippen LogP contribution in [0.4, 0.5) is 0 Å². The van der Waals surface area contributed by atoms with Gasteiger partial charge in [-0.3, -0.25) is 14.4 Å². The number of carboxylic acids is 1. The Hall–Kier alpha value is -1.09. The van der Waals surface area contributed by atoms with Gasteiger partial charge in [0.25, 0.3) is 5.91 Å². The van der Waals surface area contributed by atoms with Gasteiger partial charge in [0.1, 0.15) is 11.7 Å². The average molecular weight is 286 g/mol. The SMILES string of the molecule is Cn1cnc(/C=C2/C(=O)N3C(C(=O)[O-])=CS[C@H]23)n1.[Na+]. The number of carbonyl (C=O) groups is 2. The molecule has 2 aliphatic heterocycles. The number of carboxylic acid groups (broad SMARTS) is 1. The summed E-state index contributed by atoms with van der Waals surface area (Å²) in [7, 11) is 1.73. The summed E-state index contributed by atoms with van der Waals surface area (Å²) >= 11 is 1.26. The van der Waals surface area contributed by atoms with Crippen molar-refractivity contribution in [1.82, 2.24) is 19.7 Å². The number of rotatable bonds is 2. The van der Waals surface area contributed by atoms with Gasteiger partial charge in [-0.1, -0.05) is 0 Å². The first kappa shape index (κ1) is 14.3. The zero-order valence-corrected chi connectivity index (χ0v) is 13.0. The number of fused-ring (bicyclic) bond motifs is 1. The van der Waals surface area contributed by atoms with Crippen LogP contribution in [0.1, 0.15) is 5.82 Å². The van der Waals surface area contributed by atoms with Crippen molar-refractivity contribution in [3.63, 3.8) is 0 Å². The van der Waals surface area contributed by atoms with E-state index in [4.69, 9.17) is 0 Å². The van der Waals surface area contributed by atoms with Crippen LogP contribution >= 0.6 is 11.8 Å². The average Bonchev–Trinajstić information content (AvgIpc) is 2.89. The molecule has 92 valence electrons. The van der Waals surface area contributed by atoms with Crippen LogP contribution in [0.3, 0.4) is 0 Å². The zero-order valence-electron chi connectivity index (χ0n) is 10.2. The molecule has 1 atom stereocenters. The quantitative estimate of drug-likeness (QED) is 0.310. The van der Waals surface area contributed by atoms with Crippen LogP contribution in [-0.2, 0) is 16.6 Å². The second kappa shape index (κ2) is 5.12. The van der Waals surface area contributed by atoms with Crippen molar-refractivity contribution in [3.8, 4) is 0 Å². The smallest absolute Gasteiger partial charge is 0.543 e. The molecule has 0 saturated carbocycles. The molecule has 7 nitrogen and oxygen atoms in total. The normalized spacial score (nSPS) is 22.7. The Balaban J connectivity index is 0.00000133. The summed E-state index contributed by atoms with van der Waals surface area (Å²) in [6, 6.07) is 0. The molecule has 0 radical (unpaired) electrons. The largest absolute Gasteiger partial charge is 1.00 e. The number of hydrogen-bond acceptors (Lipinski definition) is 6. The number of carbonyl (C=O) groups excluding carboxylic acids is 2. The van der Waals surface area contributed by atoms with E-state index in [1.807, 2.05) is 0 Å². The molecule has 1 fully saturated rings. The van der Waals surface area contributed by atoms with Gasteiger partial charge in [0.2, 0.25) is 0 Å². The number of aromatic nitrogens is 3. The van der Waals surface area contributed by atoms with Gasteiger partial charge in [-0.05, 0) is 11.5 Å². The molecule has 1 aromatic rings. The van der Waals surface area contributed by atoms with Gasteiger partial charge in [-0.25, -0.2) is 4.98 Å². The van der Waals surface area contributed by atoms with E-state index in [9.17, 15) is 14.7 Å². The minimum atomic E-state index is -1.34. The second-order valence-electron chi connectivity index (χ2n) is 3.83. The van der Waals surface area contributed by atoms with Gasteiger partial charge in [0.15, 0.2) is 5.82 Å². The Labute approximate surface area is 134 Å². The van der Waals surface area contributed by atoms with E-state index in [0.29, 0.717) is 11.4 Å². The topological polar surface area (TPSA) is 91.2 Å². The van der Waals surface area contributed by atoms with Crippen LogP contribution in [0.5, 0.6) is 0 Å². The van der Waals surface area contributed by atoms with Crippen molar-refractivity contribution in [2.24, 2.45) is 7.05 Å². The number of β-lactam (4-membered cyclic amide) rings is 1. The van der Waals surface area contributed by atoms with E-state index in [0.717, 1.165) is 0 Å². The molecule has 0 unspecified atom stereocenters. The molecular weight excluding hydrogens is 279 g/mol. The Kier molecular flexibility index (Phi) is 3.86. The van der Waals surface area contributed by atoms with Gasteiger partial charge in [-0.2, -0.15) is 5.10 Å². The van der Waals surface area contributed by atoms with E-state index >= 15 is 0 Å². The molecule has 1 aromatic heterocycles. The number of nitrogens with zero attached hydrogens (tertiary/aromatic N) is 4. The summed E-state index contributed by atoms with van der Waals surface area (Å²) in [5.41, 5.74) is 0.417. The van der Waals surface area contributed by atoms with Crippen molar-refractivity contribution in [3.05, 3.63) is 28.8 Å². The Morgan fingerprint density at radius 1 is 1.58 bits per heavy atom. The molecular formula is C10H7N4NaO3S. The van der Waals surface area contributed by atoms with Gasteiger partial charge >= 0.3 is 29.6 Å². The van der Waals surface area contributed by atoms with Crippen LogP contribution in [0.25, 0.3) is 6.08 Å². The number of aryl methyl sites for hydroxylation is 1. The van der Waals surface area contributed by atoms with Crippen LogP contribution in [0.15, 0.2) is 23.0 Å². The minimum absolute atomic E-state index is 0. The van der Waals surface area contributed by atoms with Crippen molar-refractivity contribution >= 4 is 29.7 Å². The van der Waals surface area contributed by atoms with E-state index in [1.165, 1.54) is 33.1 Å². The summed E-state index contributed by atoms with van der Waals surface area (Å²) < 4.78 is 1.53. The fourth-order valence-electron chi connectivity index (χ4n) is 1.82. The Morgan fingerprint density at radius 2 is 2.32 bits per heavy atom. The fraction of sp³-hybridized carbons (Fsp3) is 0.200. The van der Waals surface area contributed by atoms with Crippen LogP contribution in [0, 0.1) is 0 Å². The third-order valence-electron chi connectivity index (χ3n) is 2.65. The maximum atomic E-state index is 11.8. The maximum absolute atomic E-state index is 11.8. The molecule has 1 amide bonds. The predicted octanol–water partition coefficient (Wildman–Crippen LogP) is -4.29. The molecule has 3 rings (SSSR count). The minimum Gasteiger partial charge on any atom is -0.543 e. The summed E-state index contributed by atoms with van der Waals surface area (Å²) in [4.78, 5) is 27.8. The van der Waals surface area contributed by atoms with Gasteiger partial charge in [0, 0.05) is 7.05 Å². The van der Waals surface area contributed by atoms with Crippen molar-refractivity contribution < 1.29 is 44.3 Å². The van der Waals surface area contributed by atoms with Crippen molar-refractivity contribution in [2.75, 3.05) is 0 Å². The van der Waals surface area contributed by atoms with E-state index < -0.39 is 5.97 Å². The zero-order chi connectivity index (χ0) is 12.9. The van der Waals surface area contributed by atoms with Crippen LogP contribution in [-0.4, -0.2) is 36.9 Å². The summed E-state index contributed by atoms with van der Waals surface area (Å²) in [6.45, 7) is 0. The molecule has 0 N–H and O–H groups in total. The monoisotopic (exact) mass is 286 g/mol. The standard InChI is InChI=1S/C10H8N4O3S.Na/c1-13-4-11-7(12-13)2-5-8(15)14-6(10(16)17)3-18-9(5)14;/h2-4,9H,1H3,(H,16,17);/q;+1/p-1/b5-2-;/t9-;/m1./s1. The molecule has 9 heteroatoms. The molecule has 1 saturated heterocycles. The van der Waals surface area contributed by atoms with Gasteiger partial charge < -0.3 is 9.90 Å². The van der Waals surface area contributed by atoms with E-state index in [2.05, 4.69) is 10.1 Å². The van der Waals surface area contributed by atoms with Gasteiger partial charge in [0.05, 0.1) is 17.2 Å². The fourth-order valence-corrected chi connectivity index (χ4v) is 2.93. The Bertz CT molecular complexity index is 624. The summed E-state index contributed by atoms with van der Waals surface area (Å²) in [5.74, 6) is -1.25. The first-order chi connectivity index (χ1) is 8.58. The molecule has 3 heterocycles. The van der Waals surface area contributed by atoms with Gasteiger partial charge in [-0.15, -0.1) is 11.8 Å². The molecule has 0 spiro atoms. The van der Waals surface area contributed by atoms with E-state index in [-0.39, 0.29) is 46.5 Å². The van der Waals surface area contributed by atoms with Crippen LogP contribution in [0.2, 0.25) is 0 Å². The Morgan fingerprint density at radius 3 is 2.89 bits per heavy atom. The second-order valence-corrected chi connectivity index (χ2v) is 4.78. The first-order valence-electron chi connectivity index (χ1n) is 5.05. The summed E-state index contributed by atoms with van der Waals surface area (Å²) in [6.07, 6.45) is 3.10. The molecule has 0 aromatic carbocycles. The third-order valence-corrected chi connectivity index (χ3v) is 3.73. The number of thioether (sulfide) groups is 1. The van der Waals surface area contributed by atoms with E-state index in [1.54, 1.807) is 13.1 Å². The third kappa shape index (κ3) is 2.25. The predicted molar refractivity (Wildman–Crippen MR) is 60.3 cm³/mol. The number of aliphatic carboxylic acids is 1. The number of hydrogen-bond donors (Lipinski definition) is 0. The maximum Gasteiger partial charge on any atom is 1.00 e. The van der Waals surface area contributed by atoms with Crippen LogP contribution < -0.4 is 34.7 Å². The first-order valence-corrected chi connectivity index (χ1v) is 6.00.